The summed E-state index contributed by atoms with van der Waals surface area (Å²) in [6.45, 7) is 4.57. The second-order valence-corrected chi connectivity index (χ2v) is 4.93. The molecule has 74 valence electrons. The van der Waals surface area contributed by atoms with E-state index in [0.29, 0.717) is 0 Å². The zero-order valence-corrected chi connectivity index (χ0v) is 9.43. The molecular formula is C13H15Cl. The Morgan fingerprint density at radius 3 is 2.50 bits per heavy atom. The summed E-state index contributed by atoms with van der Waals surface area (Å²) >= 11 is 6.19. The van der Waals surface area contributed by atoms with Crippen molar-refractivity contribution in [2.75, 3.05) is 0 Å². The minimum atomic E-state index is 0.283. The molecule has 0 heterocycles. The van der Waals surface area contributed by atoms with E-state index in [9.17, 15) is 0 Å². The van der Waals surface area contributed by atoms with Gasteiger partial charge in [-0.3, -0.25) is 0 Å². The van der Waals surface area contributed by atoms with E-state index in [2.05, 4.69) is 32.1 Å². The van der Waals surface area contributed by atoms with Crippen molar-refractivity contribution in [2.24, 2.45) is 5.41 Å². The van der Waals surface area contributed by atoms with Gasteiger partial charge in [-0.2, -0.15) is 0 Å². The Morgan fingerprint density at radius 2 is 1.93 bits per heavy atom. The average Bonchev–Trinajstić information content (AvgIpc) is 2.46. The van der Waals surface area contributed by atoms with Crippen LogP contribution in [0.2, 0.25) is 5.02 Å². The first kappa shape index (κ1) is 9.79. The molecule has 0 unspecified atom stereocenters. The molecule has 0 aliphatic heterocycles. The van der Waals surface area contributed by atoms with Gasteiger partial charge >= 0.3 is 0 Å². The number of hydrogen-bond donors (Lipinski definition) is 0. The van der Waals surface area contributed by atoms with Crippen molar-refractivity contribution in [3.63, 3.8) is 0 Å². The highest BCUT2D eigenvalue weighted by Crippen LogP contribution is 2.45. The van der Waals surface area contributed by atoms with Crippen LogP contribution in [0.3, 0.4) is 0 Å². The van der Waals surface area contributed by atoms with Gasteiger partial charge in [0, 0.05) is 5.02 Å². The van der Waals surface area contributed by atoms with E-state index in [1.54, 1.807) is 0 Å². The third-order valence-corrected chi connectivity index (χ3v) is 3.34. The van der Waals surface area contributed by atoms with Crippen LogP contribution in [0.25, 0.3) is 5.57 Å². The highest BCUT2D eigenvalue weighted by Gasteiger charge is 2.28. The predicted octanol–water partition coefficient (Wildman–Crippen LogP) is 4.54. The summed E-state index contributed by atoms with van der Waals surface area (Å²) in [7, 11) is 0. The van der Waals surface area contributed by atoms with Gasteiger partial charge in [0.15, 0.2) is 0 Å². The Labute approximate surface area is 90.6 Å². The number of benzene rings is 1. The molecule has 0 amide bonds. The van der Waals surface area contributed by atoms with Crippen LogP contribution in [0.5, 0.6) is 0 Å². The summed E-state index contributed by atoms with van der Waals surface area (Å²) < 4.78 is 0. The molecule has 0 spiro atoms. The molecule has 1 aromatic carbocycles. The van der Waals surface area contributed by atoms with Crippen LogP contribution in [0.15, 0.2) is 30.3 Å². The molecule has 0 saturated heterocycles. The zero-order chi connectivity index (χ0) is 10.2. The Balaban J connectivity index is 2.46. The fraction of sp³-hybridized carbons (Fsp3) is 0.385. The zero-order valence-electron chi connectivity index (χ0n) is 8.68. The maximum atomic E-state index is 6.19. The van der Waals surface area contributed by atoms with E-state index in [1.807, 2.05) is 12.1 Å². The smallest absolute Gasteiger partial charge is 0.0481 e. The first-order valence-electron chi connectivity index (χ1n) is 5.07. The van der Waals surface area contributed by atoms with Crippen LogP contribution >= 0.6 is 11.6 Å². The van der Waals surface area contributed by atoms with Gasteiger partial charge in [0.25, 0.3) is 0 Å². The van der Waals surface area contributed by atoms with Gasteiger partial charge in [0.05, 0.1) is 0 Å². The summed E-state index contributed by atoms with van der Waals surface area (Å²) in [4.78, 5) is 0. The second kappa shape index (κ2) is 3.43. The number of halogens is 1. The second-order valence-electron chi connectivity index (χ2n) is 4.52. The first-order chi connectivity index (χ1) is 6.61. The summed E-state index contributed by atoms with van der Waals surface area (Å²) in [6.07, 6.45) is 4.72. The molecular weight excluding hydrogens is 192 g/mol. The largest absolute Gasteiger partial charge is 0.0837 e. The van der Waals surface area contributed by atoms with Gasteiger partial charge in [-0.1, -0.05) is 49.7 Å². The summed E-state index contributed by atoms with van der Waals surface area (Å²) in [5, 5.41) is 0.869. The van der Waals surface area contributed by atoms with E-state index < -0.39 is 0 Å². The van der Waals surface area contributed by atoms with Crippen molar-refractivity contribution in [1.29, 1.82) is 0 Å². The van der Waals surface area contributed by atoms with E-state index >= 15 is 0 Å². The Bertz CT molecular complexity index is 375. The van der Waals surface area contributed by atoms with Crippen LogP contribution in [-0.2, 0) is 0 Å². The van der Waals surface area contributed by atoms with E-state index in [0.717, 1.165) is 5.02 Å². The minimum Gasteiger partial charge on any atom is -0.0837 e. The molecule has 1 aromatic rings. The molecule has 1 heteroatoms. The quantitative estimate of drug-likeness (QED) is 0.633. The van der Waals surface area contributed by atoms with Crippen molar-refractivity contribution >= 4 is 17.2 Å². The van der Waals surface area contributed by atoms with Crippen molar-refractivity contribution in [1.82, 2.24) is 0 Å². The minimum absolute atomic E-state index is 0.283. The van der Waals surface area contributed by atoms with Gasteiger partial charge in [0.1, 0.15) is 0 Å². The van der Waals surface area contributed by atoms with Gasteiger partial charge < -0.3 is 0 Å². The highest BCUT2D eigenvalue weighted by molar-refractivity contribution is 6.32. The summed E-state index contributed by atoms with van der Waals surface area (Å²) in [6, 6.07) is 8.11. The predicted molar refractivity (Wildman–Crippen MR) is 62.4 cm³/mol. The fourth-order valence-electron chi connectivity index (χ4n) is 2.14. The van der Waals surface area contributed by atoms with Crippen molar-refractivity contribution in [2.45, 2.75) is 26.7 Å². The molecule has 0 radical (unpaired) electrons. The molecule has 0 fully saturated rings. The van der Waals surface area contributed by atoms with Crippen LogP contribution in [0.4, 0.5) is 0 Å². The third kappa shape index (κ3) is 1.59. The molecule has 0 bridgehead atoms. The Hall–Kier alpha value is -0.750. The fourth-order valence-corrected chi connectivity index (χ4v) is 2.38. The number of hydrogen-bond acceptors (Lipinski definition) is 0. The van der Waals surface area contributed by atoms with Crippen LogP contribution in [-0.4, -0.2) is 0 Å². The van der Waals surface area contributed by atoms with Gasteiger partial charge in [-0.25, -0.2) is 0 Å². The standard InChI is InChI=1S/C13H15Cl/c1-13(2)9-5-7-11(13)10-6-3-4-8-12(10)14/h3-4,6-8H,5,9H2,1-2H3. The molecule has 2 rings (SSSR count). The summed E-state index contributed by atoms with van der Waals surface area (Å²) in [5.41, 5.74) is 2.89. The lowest BCUT2D eigenvalue weighted by molar-refractivity contribution is 0.487. The third-order valence-electron chi connectivity index (χ3n) is 3.01. The van der Waals surface area contributed by atoms with Gasteiger partial charge in [-0.05, 0) is 35.5 Å². The van der Waals surface area contributed by atoms with Crippen LogP contribution in [0, 0.1) is 5.41 Å². The molecule has 0 aromatic heterocycles. The monoisotopic (exact) mass is 206 g/mol. The lowest BCUT2D eigenvalue weighted by Crippen LogP contribution is -2.08. The topological polar surface area (TPSA) is 0 Å². The van der Waals surface area contributed by atoms with E-state index in [4.69, 9.17) is 11.6 Å². The van der Waals surface area contributed by atoms with Crippen LogP contribution < -0.4 is 0 Å². The van der Waals surface area contributed by atoms with Crippen molar-refractivity contribution < 1.29 is 0 Å². The number of allylic oxidation sites excluding steroid dienone is 2. The van der Waals surface area contributed by atoms with E-state index in [-0.39, 0.29) is 5.41 Å². The SMILES string of the molecule is CC1(C)CCC=C1c1ccccc1Cl. The normalized spacial score (nSPS) is 19.5. The first-order valence-corrected chi connectivity index (χ1v) is 5.44. The van der Waals surface area contributed by atoms with Gasteiger partial charge in [-0.15, -0.1) is 0 Å². The molecule has 14 heavy (non-hydrogen) atoms. The molecule has 1 aliphatic rings. The summed E-state index contributed by atoms with van der Waals surface area (Å²) in [5.74, 6) is 0. The molecule has 1 aliphatic carbocycles. The average molecular weight is 207 g/mol. The molecule has 0 nitrogen and oxygen atoms in total. The van der Waals surface area contributed by atoms with Crippen molar-refractivity contribution in [3.8, 4) is 0 Å². The lowest BCUT2D eigenvalue weighted by Gasteiger charge is -2.23. The lowest BCUT2D eigenvalue weighted by atomic mass is 9.82. The Kier molecular flexibility index (Phi) is 2.40. The maximum absolute atomic E-state index is 6.19. The number of rotatable bonds is 1. The molecule has 0 saturated carbocycles. The molecule has 0 atom stereocenters. The maximum Gasteiger partial charge on any atom is 0.0481 e. The highest BCUT2D eigenvalue weighted by atomic mass is 35.5. The van der Waals surface area contributed by atoms with Crippen molar-refractivity contribution in [3.05, 3.63) is 40.9 Å². The molecule has 0 N–H and O–H groups in total. The Morgan fingerprint density at radius 1 is 1.21 bits per heavy atom. The van der Waals surface area contributed by atoms with Gasteiger partial charge in [0.2, 0.25) is 0 Å². The van der Waals surface area contributed by atoms with E-state index in [1.165, 1.54) is 24.0 Å². The van der Waals surface area contributed by atoms with Crippen LogP contribution in [0.1, 0.15) is 32.3 Å².